The van der Waals surface area contributed by atoms with E-state index < -0.39 is 10.8 Å². The van der Waals surface area contributed by atoms with Crippen LogP contribution >= 0.6 is 0 Å². The number of nitro groups is 1. The van der Waals surface area contributed by atoms with Crippen molar-refractivity contribution in [3.63, 3.8) is 0 Å². The minimum absolute atomic E-state index is 0.116. The van der Waals surface area contributed by atoms with Crippen molar-refractivity contribution in [1.29, 1.82) is 0 Å². The molecule has 21 heavy (non-hydrogen) atoms. The normalized spacial score (nSPS) is 9.95. The maximum absolute atomic E-state index is 12.1. The van der Waals surface area contributed by atoms with Gasteiger partial charge in [-0.05, 0) is 18.2 Å². The van der Waals surface area contributed by atoms with Gasteiger partial charge < -0.3 is 15.8 Å². The van der Waals surface area contributed by atoms with E-state index in [9.17, 15) is 14.9 Å². The van der Waals surface area contributed by atoms with Crippen LogP contribution in [0.5, 0.6) is 5.75 Å². The molecule has 1 heterocycles. The zero-order valence-corrected chi connectivity index (χ0v) is 11.1. The summed E-state index contributed by atoms with van der Waals surface area (Å²) in [6.45, 7) is 0. The summed E-state index contributed by atoms with van der Waals surface area (Å²) in [5, 5.41) is 13.3. The number of hydrogen-bond acceptors (Lipinski definition) is 6. The highest BCUT2D eigenvalue weighted by Gasteiger charge is 2.17. The van der Waals surface area contributed by atoms with Gasteiger partial charge in [-0.25, -0.2) is 4.98 Å². The zero-order valence-electron chi connectivity index (χ0n) is 11.1. The first-order chi connectivity index (χ1) is 10.0. The number of nitrogens with two attached hydrogens (primary N) is 1. The number of carbonyl (C=O) groups is 1. The Kier molecular flexibility index (Phi) is 3.98. The van der Waals surface area contributed by atoms with Crippen molar-refractivity contribution < 1.29 is 14.5 Å². The van der Waals surface area contributed by atoms with Crippen LogP contribution in [0.2, 0.25) is 0 Å². The van der Waals surface area contributed by atoms with E-state index >= 15 is 0 Å². The van der Waals surface area contributed by atoms with Crippen molar-refractivity contribution in [1.82, 2.24) is 4.98 Å². The highest BCUT2D eigenvalue weighted by molar-refractivity contribution is 6.06. The Labute approximate surface area is 119 Å². The largest absolute Gasteiger partial charge is 0.496 e. The molecule has 108 valence electrons. The van der Waals surface area contributed by atoms with Crippen LogP contribution in [0.1, 0.15) is 10.4 Å². The van der Waals surface area contributed by atoms with Crippen LogP contribution in [-0.2, 0) is 0 Å². The molecule has 0 atom stereocenters. The van der Waals surface area contributed by atoms with E-state index in [1.165, 1.54) is 31.5 Å². The molecular formula is C13H12N4O4. The van der Waals surface area contributed by atoms with Gasteiger partial charge in [0, 0.05) is 6.07 Å². The number of anilines is 2. The summed E-state index contributed by atoms with van der Waals surface area (Å²) in [4.78, 5) is 26.1. The Morgan fingerprint density at radius 1 is 1.38 bits per heavy atom. The molecule has 2 aromatic rings. The van der Waals surface area contributed by atoms with E-state index in [2.05, 4.69) is 10.3 Å². The second kappa shape index (κ2) is 5.87. The van der Waals surface area contributed by atoms with Gasteiger partial charge in [0.1, 0.15) is 11.6 Å². The number of rotatable bonds is 4. The third-order valence-electron chi connectivity index (χ3n) is 2.68. The van der Waals surface area contributed by atoms with Crippen LogP contribution in [0.15, 0.2) is 36.5 Å². The van der Waals surface area contributed by atoms with Crippen LogP contribution < -0.4 is 15.8 Å². The van der Waals surface area contributed by atoms with E-state index in [0.717, 1.165) is 0 Å². The molecule has 2 rings (SSSR count). The molecule has 0 spiro atoms. The summed E-state index contributed by atoms with van der Waals surface area (Å²) in [5.74, 6) is -0.0145. The average molecular weight is 288 g/mol. The number of amides is 1. The predicted octanol–water partition coefficient (Wildman–Crippen LogP) is 1.83. The highest BCUT2D eigenvalue weighted by atomic mass is 16.6. The monoisotopic (exact) mass is 288 g/mol. The van der Waals surface area contributed by atoms with E-state index in [1.807, 2.05) is 0 Å². The highest BCUT2D eigenvalue weighted by Crippen LogP contribution is 2.25. The lowest BCUT2D eigenvalue weighted by Gasteiger charge is -2.09. The van der Waals surface area contributed by atoms with Crippen LogP contribution in [-0.4, -0.2) is 22.9 Å². The third-order valence-corrected chi connectivity index (χ3v) is 2.68. The van der Waals surface area contributed by atoms with Crippen LogP contribution in [0, 0.1) is 10.1 Å². The SMILES string of the molecule is COc1cc([N+](=O)[O-])ccc1C(=O)Nc1ccc(N)nc1. The smallest absolute Gasteiger partial charge is 0.273 e. The van der Waals surface area contributed by atoms with Crippen LogP contribution in [0.3, 0.4) is 0 Å². The maximum atomic E-state index is 12.1. The zero-order chi connectivity index (χ0) is 15.4. The summed E-state index contributed by atoms with van der Waals surface area (Å²) in [5.41, 5.74) is 5.93. The van der Waals surface area contributed by atoms with Crippen LogP contribution in [0.25, 0.3) is 0 Å². The van der Waals surface area contributed by atoms with Gasteiger partial charge in [0.15, 0.2) is 0 Å². The number of nitro benzene ring substituents is 1. The lowest BCUT2D eigenvalue weighted by molar-refractivity contribution is -0.384. The fraction of sp³-hybridized carbons (Fsp3) is 0.0769. The molecule has 1 amide bonds. The number of nitrogens with zero attached hydrogens (tertiary/aromatic N) is 2. The van der Waals surface area contributed by atoms with Crippen molar-refractivity contribution in [3.05, 3.63) is 52.2 Å². The number of nitrogen functional groups attached to an aromatic ring is 1. The quantitative estimate of drug-likeness (QED) is 0.654. The van der Waals surface area contributed by atoms with Gasteiger partial charge in [0.25, 0.3) is 11.6 Å². The maximum Gasteiger partial charge on any atom is 0.273 e. The molecule has 1 aromatic heterocycles. The van der Waals surface area contributed by atoms with Gasteiger partial charge in [-0.2, -0.15) is 0 Å². The second-order valence-corrected chi connectivity index (χ2v) is 4.07. The van der Waals surface area contributed by atoms with Crippen LogP contribution in [0.4, 0.5) is 17.2 Å². The summed E-state index contributed by atoms with van der Waals surface area (Å²) < 4.78 is 5.01. The molecular weight excluding hydrogens is 276 g/mol. The molecule has 0 aliphatic heterocycles. The van der Waals surface area contributed by atoms with Gasteiger partial charge in [0.05, 0.1) is 35.5 Å². The summed E-state index contributed by atoms with van der Waals surface area (Å²) in [6.07, 6.45) is 1.41. The predicted molar refractivity (Wildman–Crippen MR) is 76.3 cm³/mol. The van der Waals surface area contributed by atoms with Gasteiger partial charge >= 0.3 is 0 Å². The van der Waals surface area contributed by atoms with Crippen molar-refractivity contribution in [2.75, 3.05) is 18.2 Å². The van der Waals surface area contributed by atoms with Gasteiger partial charge in [0.2, 0.25) is 0 Å². The fourth-order valence-electron chi connectivity index (χ4n) is 1.66. The Hall–Kier alpha value is -3.16. The van der Waals surface area contributed by atoms with Crippen molar-refractivity contribution in [2.45, 2.75) is 0 Å². The molecule has 0 aliphatic carbocycles. The number of ether oxygens (including phenoxy) is 1. The average Bonchev–Trinajstić information content (AvgIpc) is 2.48. The number of nitrogens with one attached hydrogen (secondary N) is 1. The van der Waals surface area contributed by atoms with Gasteiger partial charge in [-0.15, -0.1) is 0 Å². The number of aromatic nitrogens is 1. The van der Waals surface area contributed by atoms with Gasteiger partial charge in [-0.1, -0.05) is 0 Å². The minimum atomic E-state index is -0.561. The number of pyridine rings is 1. The molecule has 0 saturated carbocycles. The molecule has 8 heteroatoms. The first-order valence-corrected chi connectivity index (χ1v) is 5.86. The molecule has 0 radical (unpaired) electrons. The number of benzene rings is 1. The molecule has 3 N–H and O–H groups in total. The van der Waals surface area contributed by atoms with E-state index in [0.29, 0.717) is 11.5 Å². The Morgan fingerprint density at radius 2 is 2.14 bits per heavy atom. The molecule has 0 bridgehead atoms. The Morgan fingerprint density at radius 3 is 2.71 bits per heavy atom. The summed E-state index contributed by atoms with van der Waals surface area (Å²) in [7, 11) is 1.33. The number of methoxy groups -OCH3 is 1. The van der Waals surface area contributed by atoms with E-state index in [-0.39, 0.29) is 17.0 Å². The molecule has 8 nitrogen and oxygen atoms in total. The molecule has 1 aromatic carbocycles. The first kappa shape index (κ1) is 14.3. The molecule has 0 unspecified atom stereocenters. The lowest BCUT2D eigenvalue weighted by atomic mass is 10.1. The molecule has 0 saturated heterocycles. The number of carbonyl (C=O) groups excluding carboxylic acids is 1. The molecule has 0 fully saturated rings. The van der Waals surface area contributed by atoms with E-state index in [4.69, 9.17) is 10.5 Å². The molecule has 0 aliphatic rings. The first-order valence-electron chi connectivity index (χ1n) is 5.86. The fourth-order valence-corrected chi connectivity index (χ4v) is 1.66. The Bertz CT molecular complexity index is 685. The van der Waals surface area contributed by atoms with Crippen molar-refractivity contribution in [2.24, 2.45) is 0 Å². The number of non-ortho nitro benzene ring substituents is 1. The minimum Gasteiger partial charge on any atom is -0.496 e. The topological polar surface area (TPSA) is 120 Å². The Balaban J connectivity index is 2.26. The standard InChI is InChI=1S/C13H12N4O4/c1-21-11-6-9(17(19)20)3-4-10(11)13(18)16-8-2-5-12(14)15-7-8/h2-7H,1H3,(H2,14,15)(H,16,18). The van der Waals surface area contributed by atoms with E-state index in [1.54, 1.807) is 12.1 Å². The lowest BCUT2D eigenvalue weighted by Crippen LogP contribution is -2.13. The van der Waals surface area contributed by atoms with Crippen molar-refractivity contribution >= 4 is 23.1 Å². The summed E-state index contributed by atoms with van der Waals surface area (Å²) in [6, 6.07) is 6.90. The third kappa shape index (κ3) is 3.24. The van der Waals surface area contributed by atoms with Crippen molar-refractivity contribution in [3.8, 4) is 5.75 Å². The van der Waals surface area contributed by atoms with Gasteiger partial charge in [-0.3, -0.25) is 14.9 Å². The summed E-state index contributed by atoms with van der Waals surface area (Å²) >= 11 is 0. The number of hydrogen-bond donors (Lipinski definition) is 2. The second-order valence-electron chi connectivity index (χ2n) is 4.07.